The van der Waals surface area contributed by atoms with Gasteiger partial charge in [0.15, 0.2) is 5.13 Å². The standard InChI is InChI=1S/C65H91ClN8O14S/c1-36-27-37(2)29-51(85-9)59-52(86-10)31-40(5)65(83,88-59)60(79)62(81)74-22-12-11-18-46(74)63(82)87-58(39(4)30-43-20-21-47(75)50(32-43)84-8)41(6)48(76)33-49(77)44(28-36)16-14-19-56(78)73-25-23-72(24-26-73)55-34-54(68-42(7)69-55)70-64-67-35-53(89-64)61(80)71-57-38(3)15-13-17-45(57)66/h13,15,17,28,30,34-35,37,40-41,43-44,46-48,50-52,58-59,75-76,83H,11-12,14,16,18-27,29,31-33H2,1-10H3,(H,71,80)(H,67,68,69,70)/b36-28+,39-30+/t37-,40+,41+,43-,44+,46-,47+,48-,50+,51-,52-,58+,59+,65+/m0/s1. The Morgan fingerprint density at radius 3 is 2.31 bits per heavy atom. The van der Waals surface area contributed by atoms with Crippen LogP contribution in [0.2, 0.25) is 5.02 Å². The lowest BCUT2D eigenvalue weighted by molar-refractivity contribution is -0.302. The highest BCUT2D eigenvalue weighted by atomic mass is 35.5. The first-order valence-corrected chi connectivity index (χ1v) is 32.6. The van der Waals surface area contributed by atoms with Gasteiger partial charge in [-0.3, -0.25) is 24.0 Å². The first kappa shape index (κ1) is 69.1. The summed E-state index contributed by atoms with van der Waals surface area (Å²) in [5.74, 6) is -7.22. The number of carbonyl (C=O) groups excluding carboxylic acids is 6. The summed E-state index contributed by atoms with van der Waals surface area (Å²) in [5, 5.41) is 42.1. The lowest BCUT2D eigenvalue weighted by Crippen LogP contribution is -2.64. The van der Waals surface area contributed by atoms with Crippen LogP contribution in [0, 0.1) is 43.4 Å². The highest BCUT2D eigenvalue weighted by Crippen LogP contribution is 2.40. The number of aliphatic hydroxyl groups is 3. The van der Waals surface area contributed by atoms with Crippen molar-refractivity contribution in [2.75, 3.05) is 69.6 Å². The Morgan fingerprint density at radius 2 is 1.61 bits per heavy atom. The second kappa shape index (κ2) is 31.0. The number of cyclic esters (lactones) is 1. The van der Waals surface area contributed by atoms with Crippen molar-refractivity contribution >= 4 is 80.6 Å². The van der Waals surface area contributed by atoms with Crippen molar-refractivity contribution in [2.45, 2.75) is 186 Å². The first-order valence-electron chi connectivity index (χ1n) is 31.4. The summed E-state index contributed by atoms with van der Waals surface area (Å²) in [6.07, 6.45) is 4.08. The molecule has 0 spiro atoms. The van der Waals surface area contributed by atoms with Crippen LogP contribution in [-0.2, 0) is 47.7 Å². The molecule has 1 aromatic carbocycles. The third kappa shape index (κ3) is 17.0. The zero-order valence-electron chi connectivity index (χ0n) is 53.1. The van der Waals surface area contributed by atoms with Gasteiger partial charge in [-0.1, -0.05) is 73.6 Å². The predicted octanol–water partition coefficient (Wildman–Crippen LogP) is 8.09. The minimum absolute atomic E-state index is 0.0421. The van der Waals surface area contributed by atoms with Gasteiger partial charge in [-0.15, -0.1) is 0 Å². The molecular weight excluding hydrogens is 1180 g/mol. The van der Waals surface area contributed by atoms with Crippen molar-refractivity contribution in [3.63, 3.8) is 0 Å². The van der Waals surface area contributed by atoms with E-state index in [1.165, 1.54) is 36.7 Å². The SMILES string of the molecule is CO[C@H]1C[C@@H](C)C/C(C)=C/[C@@H](CCCC(=O)N2CCN(c3cc(Nc4ncc(C(=O)Nc5c(C)cccc5Cl)s4)nc(C)n3)CC2)C(=O)C[C@H](O)[C@@H](C)[C@@H](/C(C)=C/[C@@H]2CC[C@@H](O)[C@H](OC)C2)OC(=O)[C@@H]2CCCCN2C(=O)C(=O)[C@]2(O)O[C@H]1[C@@H](OC)C[C@H]2C. The van der Waals surface area contributed by atoms with Gasteiger partial charge in [0, 0.05) is 90.7 Å². The molecule has 488 valence electrons. The van der Waals surface area contributed by atoms with E-state index in [2.05, 4.69) is 25.5 Å². The maximum Gasteiger partial charge on any atom is 0.329 e. The van der Waals surface area contributed by atoms with E-state index in [-0.39, 0.29) is 61.7 Å². The number of carbonyl (C=O) groups is 6. The number of hydrogen-bond donors (Lipinski definition) is 5. The number of aryl methyl sites for hydroxylation is 2. The molecule has 6 heterocycles. The van der Waals surface area contributed by atoms with Gasteiger partial charge in [-0.2, -0.15) is 0 Å². The average molecular weight is 1280 g/mol. The molecule has 2 aromatic heterocycles. The van der Waals surface area contributed by atoms with Gasteiger partial charge in [0.1, 0.15) is 46.4 Å². The van der Waals surface area contributed by atoms with Crippen molar-refractivity contribution in [2.24, 2.45) is 29.6 Å². The van der Waals surface area contributed by atoms with Crippen LogP contribution in [0.4, 0.5) is 22.5 Å². The smallest absolute Gasteiger partial charge is 0.329 e. The molecule has 24 heteroatoms. The van der Waals surface area contributed by atoms with Gasteiger partial charge in [-0.25, -0.2) is 19.7 Å². The van der Waals surface area contributed by atoms with Crippen LogP contribution in [0.15, 0.2) is 53.8 Å². The van der Waals surface area contributed by atoms with Crippen LogP contribution in [0.1, 0.15) is 139 Å². The Hall–Kier alpha value is -5.76. The molecule has 0 radical (unpaired) electrons. The van der Waals surface area contributed by atoms with E-state index in [0.717, 1.165) is 11.1 Å². The summed E-state index contributed by atoms with van der Waals surface area (Å²) in [7, 11) is 4.58. The number of benzene rings is 1. The number of ether oxygens (including phenoxy) is 5. The van der Waals surface area contributed by atoms with Crippen molar-refractivity contribution in [1.82, 2.24) is 24.8 Å². The van der Waals surface area contributed by atoms with E-state index in [9.17, 15) is 44.1 Å². The number of thiazole rings is 1. The van der Waals surface area contributed by atoms with Crippen LogP contribution in [-0.4, -0.2) is 184 Å². The van der Waals surface area contributed by atoms with E-state index in [1.807, 2.05) is 56.0 Å². The number of piperidine rings is 1. The monoisotopic (exact) mass is 1270 g/mol. The molecule has 0 unspecified atom stereocenters. The van der Waals surface area contributed by atoms with E-state index in [4.69, 9.17) is 40.3 Å². The number of nitrogens with one attached hydrogen (secondary N) is 2. The fraction of sp³-hybridized carbons (Fsp3) is 0.646. The minimum atomic E-state index is -2.58. The molecular formula is C65H91ClN8O14S. The van der Waals surface area contributed by atoms with Gasteiger partial charge in [0.05, 0.1) is 47.4 Å². The van der Waals surface area contributed by atoms with Gasteiger partial charge >= 0.3 is 5.97 Å². The Morgan fingerprint density at radius 1 is 0.888 bits per heavy atom. The van der Waals surface area contributed by atoms with Crippen LogP contribution < -0.4 is 15.5 Å². The maximum atomic E-state index is 14.8. The molecule has 14 atom stereocenters. The van der Waals surface area contributed by atoms with Gasteiger partial charge < -0.3 is 64.3 Å². The van der Waals surface area contributed by atoms with Gasteiger partial charge in [-0.05, 0) is 127 Å². The number of amides is 3. The fourth-order valence-corrected chi connectivity index (χ4v) is 14.4. The summed E-state index contributed by atoms with van der Waals surface area (Å²) in [6.45, 7) is 14.7. The number of fused-ring (bicyclic) bond motifs is 3. The van der Waals surface area contributed by atoms with Crippen molar-refractivity contribution in [1.29, 1.82) is 0 Å². The number of hydrogen-bond acceptors (Lipinski definition) is 20. The van der Waals surface area contributed by atoms with Crippen LogP contribution >= 0.6 is 22.9 Å². The van der Waals surface area contributed by atoms with E-state index in [0.29, 0.717) is 128 Å². The molecule has 2 bridgehead atoms. The van der Waals surface area contributed by atoms with Crippen molar-refractivity contribution in [3.05, 3.63) is 75.0 Å². The molecule has 8 rings (SSSR count). The number of allylic oxidation sites excluding steroid dienone is 3. The zero-order valence-corrected chi connectivity index (χ0v) is 54.6. The molecule has 3 aromatic rings. The molecule has 5 N–H and O–H groups in total. The van der Waals surface area contributed by atoms with Crippen molar-refractivity contribution < 1.29 is 67.8 Å². The fourth-order valence-electron chi connectivity index (χ4n) is 13.4. The number of halogens is 1. The first-order chi connectivity index (χ1) is 42.4. The number of piperazine rings is 1. The second-order valence-electron chi connectivity index (χ2n) is 25.2. The van der Waals surface area contributed by atoms with Crippen molar-refractivity contribution in [3.8, 4) is 0 Å². The lowest BCUT2D eigenvalue weighted by atomic mass is 9.81. The number of anilines is 4. The molecule has 5 aliphatic rings. The number of aliphatic hydroxyl groups excluding tert-OH is 2. The zero-order chi connectivity index (χ0) is 64.4. The van der Waals surface area contributed by atoms with Crippen LogP contribution in [0.3, 0.4) is 0 Å². The third-order valence-electron chi connectivity index (χ3n) is 18.6. The number of ketones is 2. The largest absolute Gasteiger partial charge is 0.456 e. The molecule has 22 nitrogen and oxygen atoms in total. The number of esters is 1. The number of methoxy groups -OCH3 is 3. The third-order valence-corrected chi connectivity index (χ3v) is 19.8. The summed E-state index contributed by atoms with van der Waals surface area (Å²) >= 11 is 7.52. The topological polar surface area (TPSA) is 282 Å². The van der Waals surface area contributed by atoms with Gasteiger partial charge in [0.2, 0.25) is 11.7 Å². The van der Waals surface area contributed by atoms with Crippen LogP contribution in [0.5, 0.6) is 0 Å². The van der Waals surface area contributed by atoms with E-state index < -0.39 is 90.0 Å². The molecule has 3 saturated heterocycles. The number of nitrogens with zero attached hydrogens (tertiary/aromatic N) is 6. The number of para-hydroxylation sites is 1. The lowest BCUT2D eigenvalue weighted by Gasteiger charge is -2.47. The predicted molar refractivity (Wildman–Crippen MR) is 337 cm³/mol. The Kier molecular flexibility index (Phi) is 24.1. The van der Waals surface area contributed by atoms with E-state index >= 15 is 0 Å². The molecule has 1 aliphatic carbocycles. The average Bonchev–Trinajstić information content (AvgIpc) is 2.30. The minimum Gasteiger partial charge on any atom is -0.456 e. The summed E-state index contributed by atoms with van der Waals surface area (Å²) in [6, 6.07) is 5.99. The number of Topliss-reactive ketones (excluding diaryl/α,β-unsaturated/α-hetero) is 2. The molecule has 1 saturated carbocycles. The molecule has 3 amide bonds. The Labute approximate surface area is 531 Å². The normalized spacial score (nSPS) is 31.4. The molecule has 4 fully saturated rings. The number of aromatic nitrogens is 3. The summed E-state index contributed by atoms with van der Waals surface area (Å²) in [5.41, 5.74) is 2.86. The highest BCUT2D eigenvalue weighted by molar-refractivity contribution is 7.17. The summed E-state index contributed by atoms with van der Waals surface area (Å²) in [4.78, 5) is 105. The Balaban J connectivity index is 0.980. The van der Waals surface area contributed by atoms with E-state index in [1.54, 1.807) is 40.9 Å². The van der Waals surface area contributed by atoms with Gasteiger partial charge in [0.25, 0.3) is 17.6 Å². The summed E-state index contributed by atoms with van der Waals surface area (Å²) < 4.78 is 30.3. The second-order valence-corrected chi connectivity index (χ2v) is 26.6. The Bertz CT molecular complexity index is 3040. The highest BCUT2D eigenvalue weighted by Gasteiger charge is 2.57. The molecule has 4 aliphatic heterocycles. The molecule has 89 heavy (non-hydrogen) atoms. The van der Waals surface area contributed by atoms with Crippen LogP contribution in [0.25, 0.3) is 0 Å². The maximum absolute atomic E-state index is 14.8. The quantitative estimate of drug-likeness (QED) is 0.0579. The number of rotatable bonds is 14.